The smallest absolute Gasteiger partial charge is 0.306 e. The summed E-state index contributed by atoms with van der Waals surface area (Å²) in [6.07, 6.45) is 71.5. The largest absolute Gasteiger partial charge is 0.462 e. The van der Waals surface area contributed by atoms with Gasteiger partial charge in [-0.2, -0.15) is 0 Å². The number of esters is 3. The average Bonchev–Trinajstić information content (AvgIpc) is 3.29. The summed E-state index contributed by atoms with van der Waals surface area (Å²) in [4.78, 5) is 37.9. The molecule has 1 atom stereocenters. The van der Waals surface area contributed by atoms with E-state index in [9.17, 15) is 14.4 Å². The molecule has 0 saturated heterocycles. The molecule has 0 spiro atoms. The van der Waals surface area contributed by atoms with Crippen LogP contribution in [0.5, 0.6) is 0 Å². The van der Waals surface area contributed by atoms with Crippen LogP contribution in [0.2, 0.25) is 0 Å². The van der Waals surface area contributed by atoms with Crippen molar-refractivity contribution in [1.82, 2.24) is 0 Å². The van der Waals surface area contributed by atoms with Gasteiger partial charge in [-0.05, 0) is 103 Å². The van der Waals surface area contributed by atoms with Gasteiger partial charge in [0, 0.05) is 19.3 Å². The molecular weight excluding hydrogens is 793 g/mol. The van der Waals surface area contributed by atoms with Gasteiger partial charge >= 0.3 is 17.9 Å². The summed E-state index contributed by atoms with van der Waals surface area (Å²) in [5.74, 6) is -1.04. The molecule has 0 radical (unpaired) electrons. The van der Waals surface area contributed by atoms with Crippen LogP contribution in [-0.2, 0) is 28.6 Å². The molecule has 6 heteroatoms. The van der Waals surface area contributed by atoms with Gasteiger partial charge in [-0.25, -0.2) is 0 Å². The molecule has 358 valence electrons. The Morgan fingerprint density at radius 3 is 1.22 bits per heavy atom. The van der Waals surface area contributed by atoms with Crippen molar-refractivity contribution in [3.05, 3.63) is 134 Å². The molecule has 0 aromatic heterocycles. The lowest BCUT2D eigenvalue weighted by atomic mass is 10.1. The van der Waals surface area contributed by atoms with Crippen molar-refractivity contribution < 1.29 is 28.6 Å². The number of unbranched alkanes of at least 4 members (excludes halogenated alkanes) is 14. The molecule has 0 heterocycles. The van der Waals surface area contributed by atoms with Crippen LogP contribution in [0, 0.1) is 0 Å². The van der Waals surface area contributed by atoms with E-state index in [-0.39, 0.29) is 44.0 Å². The Labute approximate surface area is 392 Å². The molecule has 0 aromatic carbocycles. The Kier molecular flexibility index (Phi) is 47.6. The number of rotatable bonds is 43. The van der Waals surface area contributed by atoms with Crippen LogP contribution >= 0.6 is 0 Å². The van der Waals surface area contributed by atoms with Crippen LogP contribution in [-0.4, -0.2) is 37.2 Å². The van der Waals surface area contributed by atoms with Crippen LogP contribution in [0.1, 0.15) is 194 Å². The molecule has 0 bridgehead atoms. The Balaban J connectivity index is 4.59. The highest BCUT2D eigenvalue weighted by atomic mass is 16.6. The summed E-state index contributed by atoms with van der Waals surface area (Å²) in [5, 5.41) is 0. The quantitative estimate of drug-likeness (QED) is 0.0200. The maximum Gasteiger partial charge on any atom is 0.306 e. The summed E-state index contributed by atoms with van der Waals surface area (Å²) in [6.45, 7) is 6.24. The molecular formula is C58H90O6. The highest BCUT2D eigenvalue weighted by molar-refractivity contribution is 5.71. The van der Waals surface area contributed by atoms with Crippen molar-refractivity contribution in [3.8, 4) is 0 Å². The fraction of sp³-hybridized carbons (Fsp3) is 0.569. The fourth-order valence-electron chi connectivity index (χ4n) is 6.26. The number of carbonyl (C=O) groups is 3. The lowest BCUT2D eigenvalue weighted by Gasteiger charge is -2.18. The summed E-state index contributed by atoms with van der Waals surface area (Å²) >= 11 is 0. The second kappa shape index (κ2) is 51.2. The average molecular weight is 883 g/mol. The summed E-state index contributed by atoms with van der Waals surface area (Å²) in [7, 11) is 0. The summed E-state index contributed by atoms with van der Waals surface area (Å²) in [5.41, 5.74) is 0. The molecule has 0 fully saturated rings. The predicted molar refractivity (Wildman–Crippen MR) is 274 cm³/mol. The first-order valence-electron chi connectivity index (χ1n) is 25.3. The second-order valence-corrected chi connectivity index (χ2v) is 16.1. The van der Waals surface area contributed by atoms with E-state index in [2.05, 4.69) is 106 Å². The van der Waals surface area contributed by atoms with Gasteiger partial charge in [0.25, 0.3) is 0 Å². The van der Waals surface area contributed by atoms with Crippen LogP contribution in [0.3, 0.4) is 0 Å². The van der Waals surface area contributed by atoms with Gasteiger partial charge in [0.15, 0.2) is 6.10 Å². The van der Waals surface area contributed by atoms with Crippen molar-refractivity contribution >= 4 is 17.9 Å². The Hall–Kier alpha value is -4.45. The van der Waals surface area contributed by atoms with Gasteiger partial charge < -0.3 is 14.2 Å². The SMILES string of the molecule is CC\C=C/C=C\C=C/C=C\C=C/CCCCCC(=O)OC(COC(=O)CCC/C=C\C/C=C\C/C=C\C/C=C\CCCCC)COC(=O)CCCCCCCCC/C=C\C/C=C\CC. The first-order chi connectivity index (χ1) is 31.5. The molecule has 0 saturated carbocycles. The van der Waals surface area contributed by atoms with E-state index in [0.717, 1.165) is 89.9 Å². The maximum absolute atomic E-state index is 12.8. The van der Waals surface area contributed by atoms with E-state index >= 15 is 0 Å². The number of allylic oxidation sites excluding steroid dienone is 22. The van der Waals surface area contributed by atoms with Gasteiger partial charge in [-0.15, -0.1) is 0 Å². The monoisotopic (exact) mass is 883 g/mol. The van der Waals surface area contributed by atoms with Crippen LogP contribution < -0.4 is 0 Å². The third-order valence-corrected chi connectivity index (χ3v) is 10.00. The van der Waals surface area contributed by atoms with Gasteiger partial charge in [0.05, 0.1) is 0 Å². The molecule has 0 aliphatic heterocycles. The fourth-order valence-corrected chi connectivity index (χ4v) is 6.26. The van der Waals surface area contributed by atoms with Gasteiger partial charge in [-0.1, -0.05) is 206 Å². The van der Waals surface area contributed by atoms with Crippen molar-refractivity contribution in [2.45, 2.75) is 200 Å². The van der Waals surface area contributed by atoms with E-state index in [1.54, 1.807) is 0 Å². The highest BCUT2D eigenvalue weighted by Gasteiger charge is 2.19. The van der Waals surface area contributed by atoms with E-state index in [1.165, 1.54) is 51.4 Å². The summed E-state index contributed by atoms with van der Waals surface area (Å²) < 4.78 is 16.7. The molecule has 0 aromatic rings. The highest BCUT2D eigenvalue weighted by Crippen LogP contribution is 2.12. The third-order valence-electron chi connectivity index (χ3n) is 10.00. The van der Waals surface area contributed by atoms with Crippen LogP contribution in [0.15, 0.2) is 134 Å². The molecule has 0 N–H and O–H groups in total. The minimum atomic E-state index is -0.830. The van der Waals surface area contributed by atoms with E-state index in [1.807, 2.05) is 48.6 Å². The zero-order valence-electron chi connectivity index (χ0n) is 40.7. The Morgan fingerprint density at radius 1 is 0.344 bits per heavy atom. The molecule has 0 aliphatic carbocycles. The first kappa shape index (κ1) is 59.5. The lowest BCUT2D eigenvalue weighted by molar-refractivity contribution is -0.167. The van der Waals surface area contributed by atoms with E-state index in [4.69, 9.17) is 14.2 Å². The minimum absolute atomic E-state index is 0.122. The maximum atomic E-state index is 12.8. The zero-order valence-corrected chi connectivity index (χ0v) is 40.7. The van der Waals surface area contributed by atoms with Crippen LogP contribution in [0.25, 0.3) is 0 Å². The zero-order chi connectivity index (χ0) is 46.5. The molecule has 0 amide bonds. The van der Waals surface area contributed by atoms with Crippen molar-refractivity contribution in [3.63, 3.8) is 0 Å². The number of carbonyl (C=O) groups excluding carboxylic acids is 3. The number of hydrogen-bond donors (Lipinski definition) is 0. The predicted octanol–water partition coefficient (Wildman–Crippen LogP) is 16.7. The topological polar surface area (TPSA) is 78.9 Å². The molecule has 64 heavy (non-hydrogen) atoms. The van der Waals surface area contributed by atoms with Crippen molar-refractivity contribution in [2.75, 3.05) is 13.2 Å². The molecule has 1 unspecified atom stereocenters. The number of hydrogen-bond acceptors (Lipinski definition) is 6. The molecule has 0 aliphatic rings. The third kappa shape index (κ3) is 48.6. The van der Waals surface area contributed by atoms with Gasteiger partial charge in [0.2, 0.25) is 0 Å². The number of ether oxygens (including phenoxy) is 3. The first-order valence-corrected chi connectivity index (χ1v) is 25.3. The van der Waals surface area contributed by atoms with E-state index in [0.29, 0.717) is 19.3 Å². The van der Waals surface area contributed by atoms with Gasteiger partial charge in [0.1, 0.15) is 13.2 Å². The molecule has 0 rings (SSSR count). The second-order valence-electron chi connectivity index (χ2n) is 16.1. The Bertz CT molecular complexity index is 1430. The van der Waals surface area contributed by atoms with Gasteiger partial charge in [-0.3, -0.25) is 14.4 Å². The van der Waals surface area contributed by atoms with E-state index < -0.39 is 6.10 Å². The minimum Gasteiger partial charge on any atom is -0.462 e. The normalized spacial score (nSPS) is 13.2. The standard InChI is InChI=1S/C58H90O6/c1-4-7-10-13-16-19-22-25-28-29-31-33-36-39-42-45-48-51-57(60)63-54-55(53-62-56(59)50-47-44-41-38-35-32-27-24-21-18-15-12-9-6-3)64-58(61)52-49-46-43-40-37-34-30-26-23-20-17-14-11-8-5-2/h8-9,11-12,14,16-21,23,25-26,28,30-31,33-34,37,39,42,55H,4-7,10,13,15,22,24,27,29,32,35-36,38,40-41,43-54H2,1-3H3/b11-8-,12-9-,17-14-,19-16-,21-18-,23-20-,28-25-,30-26-,33-31-,37-34-,42-39-. The van der Waals surface area contributed by atoms with Crippen molar-refractivity contribution in [1.29, 1.82) is 0 Å². The Morgan fingerprint density at radius 2 is 0.703 bits per heavy atom. The molecule has 6 nitrogen and oxygen atoms in total. The summed E-state index contributed by atoms with van der Waals surface area (Å²) in [6, 6.07) is 0. The lowest BCUT2D eigenvalue weighted by Crippen LogP contribution is -2.30. The van der Waals surface area contributed by atoms with Crippen LogP contribution in [0.4, 0.5) is 0 Å². The van der Waals surface area contributed by atoms with Crippen molar-refractivity contribution in [2.24, 2.45) is 0 Å².